The van der Waals surface area contributed by atoms with E-state index < -0.39 is 18.0 Å². The van der Waals surface area contributed by atoms with Gasteiger partial charge in [-0.2, -0.15) is 0 Å². The first kappa shape index (κ1) is 19.8. The topological polar surface area (TPSA) is 125 Å². The Bertz CT molecular complexity index is 1050. The van der Waals surface area contributed by atoms with Crippen LogP contribution in [0.2, 0.25) is 0 Å². The highest BCUT2D eigenvalue weighted by atomic mass is 16.4. The molecular formula is C21H22N4O5. The number of carbonyl (C=O) groups excluding carboxylic acids is 2. The van der Waals surface area contributed by atoms with Crippen molar-refractivity contribution in [3.63, 3.8) is 0 Å². The number of nitrogens with one attached hydrogen (secondary N) is 1. The Morgan fingerprint density at radius 2 is 2.00 bits per heavy atom. The Morgan fingerprint density at radius 1 is 1.30 bits per heavy atom. The molecule has 1 saturated heterocycles. The molecule has 156 valence electrons. The van der Waals surface area contributed by atoms with Gasteiger partial charge in [-0.15, -0.1) is 0 Å². The van der Waals surface area contributed by atoms with E-state index in [4.69, 9.17) is 0 Å². The third-order valence-corrected chi connectivity index (χ3v) is 5.62. The van der Waals surface area contributed by atoms with Gasteiger partial charge in [0.15, 0.2) is 0 Å². The molecule has 4 rings (SSSR count). The monoisotopic (exact) mass is 410 g/mol. The van der Waals surface area contributed by atoms with Crippen LogP contribution in [-0.2, 0) is 23.2 Å². The van der Waals surface area contributed by atoms with E-state index in [-0.39, 0.29) is 23.6 Å². The number of carboxylic acids is 1. The molecular weight excluding hydrogens is 388 g/mol. The van der Waals surface area contributed by atoms with E-state index >= 15 is 0 Å². The number of rotatable bonds is 6. The number of aromatic nitrogens is 2. The lowest BCUT2D eigenvalue weighted by Gasteiger charge is -2.44. The van der Waals surface area contributed by atoms with Crippen LogP contribution in [0, 0.1) is 5.92 Å². The number of β-lactam (4-membered cyclic amide) rings is 1. The number of fused-ring (bicyclic) bond motifs is 1. The highest BCUT2D eigenvalue weighted by Crippen LogP contribution is 2.46. The van der Waals surface area contributed by atoms with Gasteiger partial charge in [0, 0.05) is 19.8 Å². The second-order valence-electron chi connectivity index (χ2n) is 7.68. The van der Waals surface area contributed by atoms with Crippen molar-refractivity contribution in [2.24, 2.45) is 13.0 Å². The molecule has 3 heterocycles. The van der Waals surface area contributed by atoms with Gasteiger partial charge in [-0.25, -0.2) is 9.78 Å². The van der Waals surface area contributed by atoms with Crippen LogP contribution >= 0.6 is 0 Å². The second-order valence-corrected chi connectivity index (χ2v) is 7.68. The van der Waals surface area contributed by atoms with E-state index in [0.717, 1.165) is 5.56 Å². The predicted molar refractivity (Wildman–Crippen MR) is 106 cm³/mol. The first-order valence-corrected chi connectivity index (χ1v) is 9.61. The average molecular weight is 410 g/mol. The van der Waals surface area contributed by atoms with Gasteiger partial charge in [-0.3, -0.25) is 9.59 Å². The van der Waals surface area contributed by atoms with Gasteiger partial charge < -0.3 is 25.0 Å². The summed E-state index contributed by atoms with van der Waals surface area (Å²) < 4.78 is 1.69. The van der Waals surface area contributed by atoms with Crippen LogP contribution in [0.5, 0.6) is 0 Å². The SMILES string of the molecule is C[C@@H](O)[C@H]1C(=O)N2C(C(=O)O)=C(c3ccc(CNC(=O)c4cn(C)cn4)cc3)C[C@H]12. The van der Waals surface area contributed by atoms with Gasteiger partial charge in [0.25, 0.3) is 5.91 Å². The van der Waals surface area contributed by atoms with Crippen molar-refractivity contribution < 1.29 is 24.6 Å². The third kappa shape index (κ3) is 3.26. The van der Waals surface area contributed by atoms with E-state index in [0.29, 0.717) is 29.8 Å². The maximum Gasteiger partial charge on any atom is 0.352 e. The van der Waals surface area contributed by atoms with Crippen LogP contribution in [0.15, 0.2) is 42.5 Å². The van der Waals surface area contributed by atoms with E-state index in [1.165, 1.54) is 4.90 Å². The zero-order chi connectivity index (χ0) is 21.6. The summed E-state index contributed by atoms with van der Waals surface area (Å²) >= 11 is 0. The molecule has 2 aliphatic heterocycles. The summed E-state index contributed by atoms with van der Waals surface area (Å²) in [5, 5.41) is 22.3. The van der Waals surface area contributed by atoms with Crippen LogP contribution in [0.4, 0.5) is 0 Å². The lowest BCUT2D eigenvalue weighted by molar-refractivity contribution is -0.161. The fraction of sp³-hybridized carbons (Fsp3) is 0.333. The summed E-state index contributed by atoms with van der Waals surface area (Å²) in [5.41, 5.74) is 2.45. The molecule has 0 aliphatic carbocycles. The van der Waals surface area contributed by atoms with Crippen LogP contribution in [0.3, 0.4) is 0 Å². The normalized spacial score (nSPS) is 21.3. The molecule has 9 nitrogen and oxygen atoms in total. The van der Waals surface area contributed by atoms with Gasteiger partial charge in [0.1, 0.15) is 11.4 Å². The molecule has 30 heavy (non-hydrogen) atoms. The van der Waals surface area contributed by atoms with Gasteiger partial charge in [0.05, 0.1) is 24.4 Å². The number of benzene rings is 1. The molecule has 0 unspecified atom stereocenters. The van der Waals surface area contributed by atoms with Gasteiger partial charge in [-0.05, 0) is 30.0 Å². The Balaban J connectivity index is 1.49. The van der Waals surface area contributed by atoms with E-state index in [1.807, 2.05) is 12.1 Å². The van der Waals surface area contributed by atoms with Crippen LogP contribution in [0.25, 0.3) is 5.57 Å². The van der Waals surface area contributed by atoms with Gasteiger partial charge in [-0.1, -0.05) is 24.3 Å². The number of aryl methyl sites for hydroxylation is 1. The van der Waals surface area contributed by atoms with Crippen LogP contribution in [-0.4, -0.2) is 54.6 Å². The molecule has 0 bridgehead atoms. The minimum Gasteiger partial charge on any atom is -0.477 e. The molecule has 0 saturated carbocycles. The summed E-state index contributed by atoms with van der Waals surface area (Å²) in [6.45, 7) is 1.85. The van der Waals surface area contributed by atoms with Crippen molar-refractivity contribution >= 4 is 23.4 Å². The first-order chi connectivity index (χ1) is 14.3. The standard InChI is InChI=1S/C21H22N4O5/c1-11(26)17-16-7-14(18(21(29)30)25(16)20(17)28)13-5-3-12(4-6-13)8-22-19(27)15-9-24(2)10-23-15/h3-6,9-11,16-17,26H,7-8H2,1-2H3,(H,22,27)(H,29,30)/t11-,16-,17-/m1/s1. The molecule has 2 amide bonds. The minimum absolute atomic E-state index is 0.0156. The van der Waals surface area contributed by atoms with Crippen molar-refractivity contribution in [3.05, 3.63) is 59.3 Å². The third-order valence-electron chi connectivity index (χ3n) is 5.62. The van der Waals surface area contributed by atoms with E-state index in [1.54, 1.807) is 43.2 Å². The smallest absolute Gasteiger partial charge is 0.352 e. The Hall–Kier alpha value is -3.46. The molecule has 0 radical (unpaired) electrons. The molecule has 3 N–H and O–H groups in total. The minimum atomic E-state index is -1.16. The number of aliphatic hydroxyl groups excluding tert-OH is 1. The molecule has 1 aromatic heterocycles. The average Bonchev–Trinajstić information content (AvgIpc) is 3.28. The fourth-order valence-corrected chi connectivity index (χ4v) is 4.15. The number of imidazole rings is 1. The summed E-state index contributed by atoms with van der Waals surface area (Å²) in [6, 6.07) is 6.87. The van der Waals surface area contributed by atoms with Crippen molar-refractivity contribution in [1.82, 2.24) is 19.8 Å². The number of hydrogen-bond acceptors (Lipinski definition) is 5. The van der Waals surface area contributed by atoms with Crippen molar-refractivity contribution in [1.29, 1.82) is 0 Å². The summed E-state index contributed by atoms with van der Waals surface area (Å²) in [7, 11) is 1.78. The summed E-state index contributed by atoms with van der Waals surface area (Å²) in [4.78, 5) is 41.5. The number of aliphatic hydroxyl groups is 1. The highest BCUT2D eigenvalue weighted by molar-refractivity contribution is 6.06. The maximum atomic E-state index is 12.3. The quantitative estimate of drug-likeness (QED) is 0.604. The highest BCUT2D eigenvalue weighted by Gasteiger charge is 2.56. The summed E-state index contributed by atoms with van der Waals surface area (Å²) in [6.07, 6.45) is 2.75. The molecule has 2 aliphatic rings. The van der Waals surface area contributed by atoms with Crippen LogP contribution < -0.4 is 5.32 Å². The first-order valence-electron chi connectivity index (χ1n) is 9.61. The fourth-order valence-electron chi connectivity index (χ4n) is 4.15. The number of nitrogens with zero attached hydrogens (tertiary/aromatic N) is 3. The molecule has 1 aromatic carbocycles. The molecule has 3 atom stereocenters. The number of carboxylic acid groups (broad SMARTS) is 1. The van der Waals surface area contributed by atoms with Crippen molar-refractivity contribution in [2.45, 2.75) is 32.0 Å². The Labute approximate surface area is 172 Å². The predicted octanol–water partition coefficient (Wildman–Crippen LogP) is 0.757. The largest absolute Gasteiger partial charge is 0.477 e. The molecule has 2 aromatic rings. The van der Waals surface area contributed by atoms with E-state index in [9.17, 15) is 24.6 Å². The Morgan fingerprint density at radius 3 is 2.57 bits per heavy atom. The van der Waals surface area contributed by atoms with Crippen molar-refractivity contribution in [2.75, 3.05) is 0 Å². The lowest BCUT2D eigenvalue weighted by Crippen LogP contribution is -2.61. The Kier molecular flexibility index (Phi) is 4.90. The molecule has 0 spiro atoms. The number of amides is 2. The zero-order valence-electron chi connectivity index (χ0n) is 16.6. The zero-order valence-corrected chi connectivity index (χ0v) is 16.6. The van der Waals surface area contributed by atoms with E-state index in [2.05, 4.69) is 10.3 Å². The van der Waals surface area contributed by atoms with Crippen LogP contribution in [0.1, 0.15) is 35.0 Å². The van der Waals surface area contributed by atoms with Gasteiger partial charge in [0.2, 0.25) is 5.91 Å². The molecule has 1 fully saturated rings. The van der Waals surface area contributed by atoms with Gasteiger partial charge >= 0.3 is 5.97 Å². The molecule has 9 heteroatoms. The number of carbonyl (C=O) groups is 3. The number of aliphatic carboxylic acids is 1. The number of hydrogen-bond donors (Lipinski definition) is 3. The maximum absolute atomic E-state index is 12.3. The second kappa shape index (κ2) is 7.42. The van der Waals surface area contributed by atoms with Crippen molar-refractivity contribution in [3.8, 4) is 0 Å². The lowest BCUT2D eigenvalue weighted by atomic mass is 9.82. The summed E-state index contributed by atoms with van der Waals surface area (Å²) in [5.74, 6) is -2.36.